The van der Waals surface area contributed by atoms with Crippen LogP contribution in [0.1, 0.15) is 91.2 Å². The zero-order chi connectivity index (χ0) is 36.8. The summed E-state index contributed by atoms with van der Waals surface area (Å²) in [4.78, 5) is 54.0. The van der Waals surface area contributed by atoms with Crippen molar-refractivity contribution >= 4 is 23.4 Å². The Morgan fingerprint density at radius 1 is 1.02 bits per heavy atom. The molecular weight excluding hydrogens is 638 g/mol. The van der Waals surface area contributed by atoms with Gasteiger partial charge in [-0.25, -0.2) is 4.79 Å². The van der Waals surface area contributed by atoms with E-state index in [2.05, 4.69) is 13.0 Å². The Labute approximate surface area is 297 Å². The first-order chi connectivity index (χ1) is 23.8. The molecule has 0 radical (unpaired) electrons. The monoisotopic (exact) mass is 695 g/mol. The summed E-state index contributed by atoms with van der Waals surface area (Å²) in [5.74, 6) is -5.27. The van der Waals surface area contributed by atoms with Crippen molar-refractivity contribution in [2.24, 2.45) is 17.8 Å². The first-order valence-corrected chi connectivity index (χ1v) is 17.9. The van der Waals surface area contributed by atoms with E-state index in [9.17, 15) is 24.3 Å². The number of ketones is 2. The second-order valence-electron chi connectivity index (χ2n) is 13.9. The molecule has 8 atom stereocenters. The summed E-state index contributed by atoms with van der Waals surface area (Å²) >= 11 is 0. The topological polar surface area (TPSA) is 129 Å². The number of benzene rings is 1. The largest absolute Gasteiger partial charge is 0.456 e. The van der Waals surface area contributed by atoms with Crippen molar-refractivity contribution in [2.45, 2.75) is 110 Å². The third-order valence-corrected chi connectivity index (χ3v) is 9.91. The Kier molecular flexibility index (Phi) is 16.2. The maximum atomic E-state index is 13.7. The number of hydrogen-bond acceptors (Lipinski definition) is 9. The fourth-order valence-electron chi connectivity index (χ4n) is 6.64. The van der Waals surface area contributed by atoms with E-state index in [-0.39, 0.29) is 36.9 Å². The average molecular weight is 696 g/mol. The van der Waals surface area contributed by atoms with Crippen LogP contribution in [0.15, 0.2) is 66.3 Å². The summed E-state index contributed by atoms with van der Waals surface area (Å²) in [6.07, 6.45) is 12.2. The van der Waals surface area contributed by atoms with Gasteiger partial charge in [0.05, 0.1) is 12.2 Å². The number of piperidine rings is 1. The van der Waals surface area contributed by atoms with E-state index in [1.807, 2.05) is 68.5 Å². The van der Waals surface area contributed by atoms with Gasteiger partial charge >= 0.3 is 5.97 Å². The third-order valence-electron chi connectivity index (χ3n) is 9.91. The number of allylic oxidation sites excluding steroid dienone is 5. The number of Topliss-reactive ketones (excluding diaryl/α,β-unsaturated/α-hetero) is 2. The van der Waals surface area contributed by atoms with E-state index in [1.54, 1.807) is 21.0 Å². The predicted molar refractivity (Wildman–Crippen MR) is 191 cm³/mol. The Morgan fingerprint density at radius 3 is 2.42 bits per heavy atom. The lowest BCUT2D eigenvalue weighted by Crippen LogP contribution is -2.60. The van der Waals surface area contributed by atoms with Crippen LogP contribution in [0, 0.1) is 17.8 Å². The number of hydrogen-bond donors (Lipinski definition) is 1. The number of aliphatic hydroxyl groups is 1. The summed E-state index contributed by atoms with van der Waals surface area (Å²) in [5, 5.41) is 11.6. The summed E-state index contributed by atoms with van der Waals surface area (Å²) in [7, 11) is 3.12. The van der Waals surface area contributed by atoms with Crippen molar-refractivity contribution in [1.29, 1.82) is 0 Å². The van der Waals surface area contributed by atoms with Crippen LogP contribution >= 0.6 is 0 Å². The van der Waals surface area contributed by atoms with Crippen LogP contribution in [0.25, 0.3) is 0 Å². The zero-order valence-electron chi connectivity index (χ0n) is 30.8. The Bertz CT molecular complexity index is 1370. The van der Waals surface area contributed by atoms with Crippen molar-refractivity contribution in [3.63, 3.8) is 0 Å². The molecule has 0 aromatic heterocycles. The lowest BCUT2D eigenvalue weighted by Gasteiger charge is -2.42. The molecule has 276 valence electrons. The second-order valence-corrected chi connectivity index (χ2v) is 13.9. The molecule has 1 amide bonds. The molecule has 1 unspecified atom stereocenters. The molecule has 10 heteroatoms. The summed E-state index contributed by atoms with van der Waals surface area (Å²) in [6, 6.07) is 8.40. The molecule has 2 fully saturated rings. The van der Waals surface area contributed by atoms with Crippen LogP contribution in [-0.4, -0.2) is 84.9 Å². The maximum absolute atomic E-state index is 13.7. The molecule has 0 aliphatic carbocycles. The average Bonchev–Trinajstić information content (AvgIpc) is 3.11. The highest BCUT2D eigenvalue weighted by Crippen LogP contribution is 2.36. The molecule has 3 rings (SSSR count). The van der Waals surface area contributed by atoms with Gasteiger partial charge in [0.1, 0.15) is 18.8 Å². The molecule has 2 saturated heterocycles. The van der Waals surface area contributed by atoms with Crippen molar-refractivity contribution in [1.82, 2.24) is 4.90 Å². The minimum Gasteiger partial charge on any atom is -0.456 e. The number of amides is 1. The molecule has 1 aromatic carbocycles. The van der Waals surface area contributed by atoms with Gasteiger partial charge in [0.2, 0.25) is 5.79 Å². The van der Waals surface area contributed by atoms with Gasteiger partial charge in [-0.2, -0.15) is 0 Å². The van der Waals surface area contributed by atoms with Gasteiger partial charge < -0.3 is 29.0 Å². The number of esters is 1. The van der Waals surface area contributed by atoms with Gasteiger partial charge in [-0.15, -0.1) is 0 Å². The summed E-state index contributed by atoms with van der Waals surface area (Å²) in [6.45, 7) is 9.73. The highest BCUT2D eigenvalue weighted by Gasteiger charge is 2.53. The second kappa shape index (κ2) is 19.8. The van der Waals surface area contributed by atoms with Gasteiger partial charge in [-0.05, 0) is 69.4 Å². The molecule has 0 saturated carbocycles. The minimum absolute atomic E-state index is 0.0705. The van der Waals surface area contributed by atoms with Crippen LogP contribution in [0.4, 0.5) is 0 Å². The zero-order valence-corrected chi connectivity index (χ0v) is 30.8. The number of ether oxygens (including phenoxy) is 4. The standard InChI is InChI=1S/C40H57NO9/c1-27(24-29(3)35(42)26-47-6)16-10-8-11-17-28(2)36(48-7)25-33-22-21-30(4)40(46,50-33)37(43)38(44)41-23-15-14-20-34(41)39(45)49-31(5)32-18-12-9-13-19-32/h8-13,16-19,27,29-31,33-34,36,46H,14-15,20-26H2,1-7H3/b11-8+,16-10-,28-17+/t27-,29-,30-,31?,33+,34+,36+,40-/m1/s1. The first-order valence-electron chi connectivity index (χ1n) is 17.9. The van der Waals surface area contributed by atoms with Gasteiger partial charge in [0, 0.05) is 39.0 Å². The molecule has 2 heterocycles. The van der Waals surface area contributed by atoms with E-state index in [1.165, 1.54) is 12.0 Å². The fourth-order valence-corrected chi connectivity index (χ4v) is 6.64. The van der Waals surface area contributed by atoms with Gasteiger partial charge in [-0.3, -0.25) is 14.4 Å². The number of rotatable bonds is 17. The van der Waals surface area contributed by atoms with Crippen LogP contribution in [0.5, 0.6) is 0 Å². The molecule has 0 bridgehead atoms. The normalized spacial score (nSPS) is 25.6. The van der Waals surface area contributed by atoms with Gasteiger partial charge in [0.25, 0.3) is 11.7 Å². The van der Waals surface area contributed by atoms with Crippen LogP contribution in [-0.2, 0) is 38.1 Å². The highest BCUT2D eigenvalue weighted by atomic mass is 16.6. The SMILES string of the molecule is COCC(=O)[C@H](C)C[C@H](C)\C=C/C=C/C=C(\C)[C@H](C[C@@H]1CC[C@@H](C)[C@](O)(C(=O)C(=O)N2CCCC[C@H]2C(=O)OC(C)c2ccccc2)O1)OC. The quantitative estimate of drug-likeness (QED) is 0.117. The first kappa shape index (κ1) is 41.0. The van der Waals surface area contributed by atoms with Crippen LogP contribution in [0.3, 0.4) is 0 Å². The van der Waals surface area contributed by atoms with Crippen molar-refractivity contribution in [3.8, 4) is 0 Å². The van der Waals surface area contributed by atoms with E-state index in [4.69, 9.17) is 18.9 Å². The summed E-state index contributed by atoms with van der Waals surface area (Å²) in [5.41, 5.74) is 1.75. The minimum atomic E-state index is -2.33. The Morgan fingerprint density at radius 2 is 1.74 bits per heavy atom. The van der Waals surface area contributed by atoms with Crippen molar-refractivity contribution in [2.75, 3.05) is 27.4 Å². The smallest absolute Gasteiger partial charge is 0.329 e. The molecule has 1 N–H and O–H groups in total. The molecule has 10 nitrogen and oxygen atoms in total. The molecular formula is C40H57NO9. The molecule has 2 aliphatic heterocycles. The lowest BCUT2D eigenvalue weighted by molar-refractivity contribution is -0.265. The number of nitrogens with zero attached hydrogens (tertiary/aromatic N) is 1. The number of likely N-dealkylation sites (tertiary alicyclic amines) is 1. The van der Waals surface area contributed by atoms with Crippen molar-refractivity contribution < 1.29 is 43.2 Å². The molecule has 1 aromatic rings. The fraction of sp³-hybridized carbons (Fsp3) is 0.600. The lowest BCUT2D eigenvalue weighted by atomic mass is 9.85. The Balaban J connectivity index is 1.62. The molecule has 2 aliphatic rings. The van der Waals surface area contributed by atoms with Crippen LogP contribution < -0.4 is 0 Å². The molecule has 0 spiro atoms. The van der Waals surface area contributed by atoms with E-state index in [0.29, 0.717) is 38.5 Å². The van der Waals surface area contributed by atoms with Gasteiger partial charge in [0.15, 0.2) is 5.78 Å². The van der Waals surface area contributed by atoms with Crippen molar-refractivity contribution in [3.05, 3.63) is 71.8 Å². The summed E-state index contributed by atoms with van der Waals surface area (Å²) < 4.78 is 22.5. The number of carbonyl (C=O) groups is 4. The maximum Gasteiger partial charge on any atom is 0.329 e. The van der Waals surface area contributed by atoms with Crippen LogP contribution in [0.2, 0.25) is 0 Å². The third kappa shape index (κ3) is 11.3. The number of methoxy groups -OCH3 is 2. The molecule has 50 heavy (non-hydrogen) atoms. The predicted octanol–water partition coefficient (Wildman–Crippen LogP) is 6.09. The Hall–Kier alpha value is -3.44. The van der Waals surface area contributed by atoms with E-state index < -0.39 is 47.6 Å². The van der Waals surface area contributed by atoms with E-state index >= 15 is 0 Å². The number of carbonyl (C=O) groups excluding carboxylic acids is 4. The highest BCUT2D eigenvalue weighted by molar-refractivity contribution is 6.39. The van der Waals surface area contributed by atoms with Gasteiger partial charge in [-0.1, -0.05) is 81.5 Å². The van der Waals surface area contributed by atoms with E-state index in [0.717, 1.165) is 17.6 Å².